The Labute approximate surface area is 411 Å². The molecule has 0 amide bonds. The second kappa shape index (κ2) is 19.0. The summed E-state index contributed by atoms with van der Waals surface area (Å²) in [4.78, 5) is 12.8. The zero-order chi connectivity index (χ0) is 48.9. The highest BCUT2D eigenvalue weighted by molar-refractivity contribution is 5.86. The Morgan fingerprint density at radius 1 is 0.686 bits per heavy atom. The van der Waals surface area contributed by atoms with Crippen LogP contribution in [-0.2, 0) is 53.8 Å². The van der Waals surface area contributed by atoms with Crippen LogP contribution in [0, 0.1) is 34.5 Å². The average Bonchev–Trinajstić information content (AvgIpc) is 4.01. The summed E-state index contributed by atoms with van der Waals surface area (Å²) in [7, 11) is 0. The largest absolute Gasteiger partial charge is 0.508 e. The first-order chi connectivity index (χ1) is 33.5. The molecule has 2 aromatic carbocycles. The van der Waals surface area contributed by atoms with Crippen molar-refractivity contribution in [2.24, 2.45) is 34.5 Å². The monoisotopic (exact) mass is 975 g/mol. The molecule has 15 heteroatoms. The molecule has 384 valence electrons. The van der Waals surface area contributed by atoms with E-state index in [-0.39, 0.29) is 66.2 Å². The van der Waals surface area contributed by atoms with Crippen molar-refractivity contribution < 1.29 is 73.0 Å². The van der Waals surface area contributed by atoms with Crippen LogP contribution in [0.5, 0.6) is 5.75 Å². The van der Waals surface area contributed by atoms with Crippen LogP contribution in [0.15, 0.2) is 66.2 Å². The Balaban J connectivity index is 0.667. The number of phenols is 1. The van der Waals surface area contributed by atoms with Gasteiger partial charge in [-0.3, -0.25) is 0 Å². The number of carbonyl (C=O) groups is 1. The molecule has 4 aliphatic carbocycles. The van der Waals surface area contributed by atoms with Crippen molar-refractivity contribution in [3.63, 3.8) is 0 Å². The van der Waals surface area contributed by atoms with Gasteiger partial charge in [0.25, 0.3) is 0 Å². The Kier molecular flexibility index (Phi) is 13.4. The van der Waals surface area contributed by atoms with Crippen LogP contribution in [0.3, 0.4) is 0 Å². The number of fused-ring (bicyclic) bond motifs is 6. The minimum Gasteiger partial charge on any atom is -0.508 e. The van der Waals surface area contributed by atoms with Crippen molar-refractivity contribution in [3.8, 4) is 5.75 Å². The van der Waals surface area contributed by atoms with Crippen molar-refractivity contribution in [2.75, 3.05) is 0 Å². The predicted molar refractivity (Wildman–Crippen MR) is 250 cm³/mol. The first kappa shape index (κ1) is 49.2. The van der Waals surface area contributed by atoms with Crippen LogP contribution in [0.4, 0.5) is 0 Å². The Hall–Kier alpha value is -3.03. The van der Waals surface area contributed by atoms with Gasteiger partial charge in [0, 0.05) is 42.7 Å². The van der Waals surface area contributed by atoms with E-state index in [9.17, 15) is 30.3 Å². The molecule has 4 saturated heterocycles. The molecule has 15 nitrogen and oxygen atoms in total. The highest BCUT2D eigenvalue weighted by Crippen LogP contribution is 2.70. The molecule has 5 N–H and O–H groups in total. The molecule has 70 heavy (non-hydrogen) atoms. The topological polar surface area (TPSA) is 201 Å². The lowest BCUT2D eigenvalue weighted by Gasteiger charge is -2.65. The number of para-hydroxylation sites is 1. The summed E-state index contributed by atoms with van der Waals surface area (Å²) >= 11 is 0. The second-order valence-corrected chi connectivity index (χ2v) is 22.9. The molecule has 0 radical (unpaired) electrons. The number of carbonyl (C=O) groups excluding carboxylic acids is 1. The van der Waals surface area contributed by atoms with E-state index < -0.39 is 91.0 Å². The van der Waals surface area contributed by atoms with E-state index in [1.54, 1.807) is 18.2 Å². The number of aliphatic hydroxyl groups excluding tert-OH is 3. The highest BCUT2D eigenvalue weighted by atomic mass is 16.8. The van der Waals surface area contributed by atoms with Crippen molar-refractivity contribution in [1.29, 1.82) is 0 Å². The first-order valence-electron chi connectivity index (χ1n) is 26.3. The van der Waals surface area contributed by atoms with E-state index in [2.05, 4.69) is 6.92 Å². The summed E-state index contributed by atoms with van der Waals surface area (Å²) < 4.78 is 56.6. The molecule has 8 fully saturated rings. The van der Waals surface area contributed by atoms with Gasteiger partial charge in [-0.25, -0.2) is 4.79 Å². The minimum atomic E-state index is -1.12. The maximum absolute atomic E-state index is 13.0. The predicted octanol–water partition coefficient (Wildman–Crippen LogP) is 6.30. The maximum Gasteiger partial charge on any atom is 0.331 e. The third-order valence-corrected chi connectivity index (χ3v) is 19.1. The van der Waals surface area contributed by atoms with E-state index in [0.717, 1.165) is 43.2 Å². The molecule has 4 saturated carbocycles. The summed E-state index contributed by atoms with van der Waals surface area (Å²) in [5.41, 5.74) is 0.350. The van der Waals surface area contributed by atoms with Gasteiger partial charge in [0.2, 0.25) is 0 Å². The van der Waals surface area contributed by atoms with Gasteiger partial charge in [0.05, 0.1) is 54.4 Å². The Bertz CT molecular complexity index is 2200. The fourth-order valence-electron chi connectivity index (χ4n) is 15.4. The van der Waals surface area contributed by atoms with Crippen molar-refractivity contribution in [3.05, 3.63) is 77.4 Å². The van der Waals surface area contributed by atoms with Crippen molar-refractivity contribution in [2.45, 2.75) is 216 Å². The van der Waals surface area contributed by atoms with Gasteiger partial charge in [-0.05, 0) is 118 Å². The lowest BCUT2D eigenvalue weighted by molar-refractivity contribution is -0.334. The minimum absolute atomic E-state index is 0.000913. The normalized spacial score (nSPS) is 49.0. The first-order valence-corrected chi connectivity index (χ1v) is 26.3. The van der Waals surface area contributed by atoms with E-state index in [0.29, 0.717) is 43.6 Å². The Morgan fingerprint density at radius 2 is 1.34 bits per heavy atom. The van der Waals surface area contributed by atoms with Crippen LogP contribution in [0.1, 0.15) is 123 Å². The molecule has 5 heterocycles. The van der Waals surface area contributed by atoms with Gasteiger partial charge in [0.1, 0.15) is 30.2 Å². The number of benzene rings is 2. The molecule has 11 rings (SSSR count). The number of phenolic OH excluding ortho intramolecular Hbond substituents is 1. The average molecular weight is 975 g/mol. The van der Waals surface area contributed by atoms with Crippen LogP contribution >= 0.6 is 0 Å². The van der Waals surface area contributed by atoms with E-state index in [1.165, 1.54) is 0 Å². The van der Waals surface area contributed by atoms with E-state index in [1.807, 2.05) is 70.2 Å². The van der Waals surface area contributed by atoms with Crippen molar-refractivity contribution in [1.82, 2.24) is 0 Å². The van der Waals surface area contributed by atoms with Gasteiger partial charge in [-0.1, -0.05) is 62.4 Å². The maximum atomic E-state index is 13.0. The lowest BCUT2D eigenvalue weighted by Crippen LogP contribution is -2.67. The number of rotatable bonds is 10. The van der Waals surface area contributed by atoms with Crippen LogP contribution in [-0.4, -0.2) is 129 Å². The van der Waals surface area contributed by atoms with Gasteiger partial charge in [0.15, 0.2) is 25.2 Å². The van der Waals surface area contributed by atoms with E-state index >= 15 is 0 Å². The zero-order valence-corrected chi connectivity index (χ0v) is 41.1. The fourth-order valence-corrected chi connectivity index (χ4v) is 15.4. The summed E-state index contributed by atoms with van der Waals surface area (Å²) in [5.74, 6) is -0.0694. The summed E-state index contributed by atoms with van der Waals surface area (Å²) in [6.07, 6.45) is -0.131. The number of cyclic esters (lactones) is 1. The molecular weight excluding hydrogens is 901 g/mol. The number of hydrogen-bond acceptors (Lipinski definition) is 15. The fraction of sp³-hybridized carbons (Fsp3) is 0.727. The van der Waals surface area contributed by atoms with Gasteiger partial charge in [-0.15, -0.1) is 0 Å². The molecule has 0 spiro atoms. The van der Waals surface area contributed by atoms with Gasteiger partial charge >= 0.3 is 5.97 Å². The van der Waals surface area contributed by atoms with Crippen molar-refractivity contribution >= 4 is 5.97 Å². The van der Waals surface area contributed by atoms with Crippen LogP contribution in [0.25, 0.3) is 0 Å². The summed E-state index contributed by atoms with van der Waals surface area (Å²) in [5, 5.41) is 58.7. The lowest BCUT2D eigenvalue weighted by atomic mass is 9.42. The molecule has 23 atom stereocenters. The molecule has 2 aromatic rings. The molecule has 9 aliphatic rings. The molecule has 0 bridgehead atoms. The zero-order valence-electron chi connectivity index (χ0n) is 41.1. The number of ether oxygens (including phenoxy) is 9. The third kappa shape index (κ3) is 8.59. The van der Waals surface area contributed by atoms with E-state index in [4.69, 9.17) is 42.6 Å². The third-order valence-electron chi connectivity index (χ3n) is 19.1. The molecule has 0 aromatic heterocycles. The second-order valence-electron chi connectivity index (χ2n) is 22.9. The molecular formula is C55H74O15. The van der Waals surface area contributed by atoms with Crippen LogP contribution < -0.4 is 0 Å². The Morgan fingerprint density at radius 3 is 2.04 bits per heavy atom. The quantitative estimate of drug-likeness (QED) is 0.131. The van der Waals surface area contributed by atoms with Gasteiger partial charge < -0.3 is 68.2 Å². The smallest absolute Gasteiger partial charge is 0.331 e. The summed E-state index contributed by atoms with van der Waals surface area (Å²) in [6.45, 7) is 10.0. The number of esters is 1. The number of hydrogen-bond donors (Lipinski definition) is 5. The standard InChI is InChI=1S/C55H74O15/c1-28-49(68-47-26-41(58)50(29(2)63-47)69-48-27-43-51(30(3)64-48)70-52(67-43)31-11-7-6-8-12-31)40(57)25-46(62-28)65-34-17-19-53(4)33(22-34)15-16-37-38(53)24-44(59)54(5)36(18-20-55(37,54)61)35-23-45(60)66-42(35)21-32-13-9-10-14-39(32)56/h6-14,23,28-30,33-34,36-38,40-44,46-52,56-59,61H,15-22,24-27H2,1-5H3/t28?,29?,30?,33-,34+,36-,37-,38+,40-,41-,42?,43-,44-,46+,47-,48+,49?,50?,51?,52?,53+,54+,55+/m1/s1. The SMILES string of the molecule is CC1O[C@@H](O[C@H]2CC[C@@]3(C)[C@H](CC[C@@H]4[C@@H]3C[C@@H](O)[C@]3(C)[C@@H](C5=CC(=O)OC5Cc5ccccc5O)CC[C@]43O)C2)C[C@@H](O)C1O[C@@H]1C[C@@H](O)C(O[C@H]2C[C@H]3OC(c4ccccc4)OC3C(C)O2)C(C)O1. The number of aliphatic hydroxyl groups is 4. The highest BCUT2D eigenvalue weighted by Gasteiger charge is 2.71. The van der Waals surface area contributed by atoms with Crippen LogP contribution in [0.2, 0.25) is 0 Å². The summed E-state index contributed by atoms with van der Waals surface area (Å²) in [6, 6.07) is 16.9. The number of aromatic hydroxyl groups is 1. The molecule has 8 unspecified atom stereocenters. The van der Waals surface area contributed by atoms with Gasteiger partial charge in [-0.2, -0.15) is 0 Å². The molecule has 5 aliphatic heterocycles.